The summed E-state index contributed by atoms with van der Waals surface area (Å²) in [5, 5.41) is 8.71. The van der Waals surface area contributed by atoms with Crippen molar-refractivity contribution in [2.75, 3.05) is 26.2 Å². The predicted octanol–water partition coefficient (Wildman–Crippen LogP) is 0.0635. The molecule has 18 heavy (non-hydrogen) atoms. The molecule has 0 spiro atoms. The number of amides is 1. The molecule has 1 fully saturated rings. The van der Waals surface area contributed by atoms with Crippen molar-refractivity contribution in [3.05, 3.63) is 0 Å². The minimum absolute atomic E-state index is 0.0472. The summed E-state index contributed by atoms with van der Waals surface area (Å²) >= 11 is 0. The fraction of sp³-hybridized carbons (Fsp3) is 0.833. The highest BCUT2D eigenvalue weighted by atomic mass is 16.5. The Morgan fingerprint density at radius 3 is 2.83 bits per heavy atom. The topological polar surface area (TPSA) is 92.9 Å². The minimum atomic E-state index is -0.900. The number of carboxylic acids is 1. The molecule has 0 aromatic heterocycles. The molecular formula is C12H22N2O4. The van der Waals surface area contributed by atoms with E-state index in [1.807, 2.05) is 6.92 Å². The Balaban J connectivity index is 2.45. The molecule has 1 amide bonds. The van der Waals surface area contributed by atoms with Crippen LogP contribution in [0.3, 0.4) is 0 Å². The Kier molecular flexibility index (Phi) is 6.07. The van der Waals surface area contributed by atoms with Crippen LogP contribution in [-0.2, 0) is 14.3 Å². The van der Waals surface area contributed by atoms with E-state index in [1.54, 1.807) is 4.90 Å². The van der Waals surface area contributed by atoms with Gasteiger partial charge in [-0.2, -0.15) is 0 Å². The maximum Gasteiger partial charge on any atom is 0.306 e. The zero-order valence-corrected chi connectivity index (χ0v) is 10.8. The van der Waals surface area contributed by atoms with Crippen LogP contribution in [0.5, 0.6) is 0 Å². The maximum absolute atomic E-state index is 12.0. The Morgan fingerprint density at radius 2 is 2.28 bits per heavy atom. The summed E-state index contributed by atoms with van der Waals surface area (Å²) in [4.78, 5) is 24.3. The fourth-order valence-corrected chi connectivity index (χ4v) is 2.03. The molecule has 1 saturated heterocycles. The molecule has 104 valence electrons. The van der Waals surface area contributed by atoms with Gasteiger partial charge in [-0.1, -0.05) is 13.3 Å². The first-order valence-corrected chi connectivity index (χ1v) is 6.38. The number of carbonyl (C=O) groups is 2. The van der Waals surface area contributed by atoms with Crippen LogP contribution in [0.15, 0.2) is 0 Å². The zero-order valence-electron chi connectivity index (χ0n) is 10.8. The second kappa shape index (κ2) is 7.33. The van der Waals surface area contributed by atoms with E-state index < -0.39 is 12.1 Å². The number of nitrogens with zero attached hydrogens (tertiary/aromatic N) is 1. The summed E-state index contributed by atoms with van der Waals surface area (Å²) in [7, 11) is 0. The van der Waals surface area contributed by atoms with Crippen LogP contribution in [0.25, 0.3) is 0 Å². The normalized spacial score (nSPS) is 21.7. The van der Waals surface area contributed by atoms with Gasteiger partial charge in [0, 0.05) is 19.5 Å². The summed E-state index contributed by atoms with van der Waals surface area (Å²) in [6, 6.07) is 0. The Morgan fingerprint density at radius 1 is 1.56 bits per heavy atom. The second-order valence-corrected chi connectivity index (χ2v) is 4.64. The molecule has 3 N–H and O–H groups in total. The lowest BCUT2D eigenvalue weighted by molar-refractivity contribution is -0.148. The van der Waals surface area contributed by atoms with Crippen molar-refractivity contribution >= 4 is 11.9 Å². The van der Waals surface area contributed by atoms with Crippen LogP contribution < -0.4 is 5.73 Å². The van der Waals surface area contributed by atoms with Gasteiger partial charge in [-0.25, -0.2) is 0 Å². The monoisotopic (exact) mass is 258 g/mol. The number of hydrogen-bond donors (Lipinski definition) is 2. The number of aliphatic carboxylic acids is 1. The molecule has 0 radical (unpaired) electrons. The molecule has 2 unspecified atom stereocenters. The molecule has 1 heterocycles. The van der Waals surface area contributed by atoms with E-state index in [-0.39, 0.29) is 18.2 Å². The third-order valence-corrected chi connectivity index (χ3v) is 3.27. The lowest BCUT2D eigenvalue weighted by atomic mass is 10.0. The number of ether oxygens (including phenoxy) is 1. The molecule has 6 nitrogen and oxygen atoms in total. The highest BCUT2D eigenvalue weighted by Gasteiger charge is 2.26. The van der Waals surface area contributed by atoms with Crippen LogP contribution in [0.2, 0.25) is 0 Å². The zero-order chi connectivity index (χ0) is 13.5. The van der Waals surface area contributed by atoms with E-state index in [1.165, 1.54) is 0 Å². The van der Waals surface area contributed by atoms with Crippen molar-refractivity contribution < 1.29 is 19.4 Å². The Labute approximate surface area is 107 Å². The second-order valence-electron chi connectivity index (χ2n) is 4.64. The molecule has 6 heteroatoms. The molecule has 2 atom stereocenters. The quantitative estimate of drug-likeness (QED) is 0.703. The van der Waals surface area contributed by atoms with E-state index in [0.29, 0.717) is 32.7 Å². The van der Waals surface area contributed by atoms with Gasteiger partial charge in [0.2, 0.25) is 5.91 Å². The first-order chi connectivity index (χ1) is 8.56. The van der Waals surface area contributed by atoms with Gasteiger partial charge >= 0.3 is 5.97 Å². The average molecular weight is 258 g/mol. The Hall–Kier alpha value is -1.14. The molecule has 1 rings (SSSR count). The lowest BCUT2D eigenvalue weighted by Crippen LogP contribution is -2.46. The average Bonchev–Trinajstić information content (AvgIpc) is 2.35. The van der Waals surface area contributed by atoms with Crippen LogP contribution in [0, 0.1) is 5.92 Å². The van der Waals surface area contributed by atoms with Crippen molar-refractivity contribution in [1.82, 2.24) is 4.90 Å². The van der Waals surface area contributed by atoms with Gasteiger partial charge in [-0.3, -0.25) is 9.59 Å². The first-order valence-electron chi connectivity index (χ1n) is 6.38. The third-order valence-electron chi connectivity index (χ3n) is 3.27. The molecule has 0 aromatic carbocycles. The largest absolute Gasteiger partial charge is 0.481 e. The number of rotatable bonds is 6. The van der Waals surface area contributed by atoms with E-state index in [9.17, 15) is 9.59 Å². The highest BCUT2D eigenvalue weighted by molar-refractivity contribution is 5.76. The van der Waals surface area contributed by atoms with Gasteiger partial charge in [0.1, 0.15) is 0 Å². The maximum atomic E-state index is 12.0. The van der Waals surface area contributed by atoms with Gasteiger partial charge in [-0.15, -0.1) is 0 Å². The van der Waals surface area contributed by atoms with Gasteiger partial charge in [0.15, 0.2) is 0 Å². The standard InChI is InChI=1S/C12H22N2O4/c1-2-9(7-13)5-11(15)14-3-4-18-10(8-14)6-12(16)17/h9-10H,2-8,13H2,1H3,(H,16,17). The fourth-order valence-electron chi connectivity index (χ4n) is 2.03. The van der Waals surface area contributed by atoms with Gasteiger partial charge in [0.05, 0.1) is 19.1 Å². The van der Waals surface area contributed by atoms with Crippen LogP contribution in [0.4, 0.5) is 0 Å². The first kappa shape index (κ1) is 14.9. The summed E-state index contributed by atoms with van der Waals surface area (Å²) < 4.78 is 5.33. The van der Waals surface area contributed by atoms with Crippen molar-refractivity contribution in [1.29, 1.82) is 0 Å². The number of carbonyl (C=O) groups excluding carboxylic acids is 1. The summed E-state index contributed by atoms with van der Waals surface area (Å²) in [6.45, 7) is 3.83. The summed E-state index contributed by atoms with van der Waals surface area (Å²) in [5.41, 5.74) is 5.58. The van der Waals surface area contributed by atoms with Crippen molar-refractivity contribution in [3.8, 4) is 0 Å². The summed E-state index contributed by atoms with van der Waals surface area (Å²) in [6.07, 6.45) is 0.869. The number of morpholine rings is 1. The lowest BCUT2D eigenvalue weighted by Gasteiger charge is -2.33. The predicted molar refractivity (Wildman–Crippen MR) is 66.0 cm³/mol. The van der Waals surface area contributed by atoms with Gasteiger partial charge in [-0.05, 0) is 12.5 Å². The van der Waals surface area contributed by atoms with E-state index in [4.69, 9.17) is 15.6 Å². The van der Waals surface area contributed by atoms with Crippen LogP contribution in [0.1, 0.15) is 26.2 Å². The smallest absolute Gasteiger partial charge is 0.306 e. The van der Waals surface area contributed by atoms with Crippen molar-refractivity contribution in [2.24, 2.45) is 11.7 Å². The number of hydrogen-bond acceptors (Lipinski definition) is 4. The van der Waals surface area contributed by atoms with E-state index in [0.717, 1.165) is 6.42 Å². The van der Waals surface area contributed by atoms with E-state index in [2.05, 4.69) is 0 Å². The van der Waals surface area contributed by atoms with Crippen molar-refractivity contribution in [2.45, 2.75) is 32.3 Å². The number of carboxylic acid groups (broad SMARTS) is 1. The Bertz CT molecular complexity index is 292. The molecular weight excluding hydrogens is 236 g/mol. The van der Waals surface area contributed by atoms with Gasteiger partial charge < -0.3 is 20.5 Å². The molecule has 0 saturated carbocycles. The third kappa shape index (κ3) is 4.62. The SMILES string of the molecule is CCC(CN)CC(=O)N1CCOC(CC(=O)O)C1. The molecule has 1 aliphatic heterocycles. The van der Waals surface area contributed by atoms with Gasteiger partial charge in [0.25, 0.3) is 0 Å². The molecule has 1 aliphatic rings. The van der Waals surface area contributed by atoms with Crippen molar-refractivity contribution in [3.63, 3.8) is 0 Å². The molecule has 0 aromatic rings. The van der Waals surface area contributed by atoms with E-state index >= 15 is 0 Å². The minimum Gasteiger partial charge on any atom is -0.481 e. The molecule has 0 bridgehead atoms. The molecule has 0 aliphatic carbocycles. The highest BCUT2D eigenvalue weighted by Crippen LogP contribution is 2.13. The van der Waals surface area contributed by atoms with Crippen LogP contribution >= 0.6 is 0 Å². The summed E-state index contributed by atoms with van der Waals surface area (Å²) in [5.74, 6) is -0.646. The van der Waals surface area contributed by atoms with Crippen LogP contribution in [-0.4, -0.2) is 54.2 Å². The number of nitrogens with two attached hydrogens (primary N) is 1.